The minimum absolute atomic E-state index is 0.374. The summed E-state index contributed by atoms with van der Waals surface area (Å²) in [5.74, 6) is -1.03. The van der Waals surface area contributed by atoms with E-state index in [-0.39, 0.29) is 5.91 Å². The number of amides is 1. The van der Waals surface area contributed by atoms with Crippen LogP contribution in [0.4, 0.5) is 0 Å². The fourth-order valence-corrected chi connectivity index (χ4v) is 0.992. The van der Waals surface area contributed by atoms with Gasteiger partial charge in [-0.15, -0.1) is 0 Å². The van der Waals surface area contributed by atoms with Crippen LogP contribution in [-0.4, -0.2) is 36.7 Å². The van der Waals surface area contributed by atoms with E-state index in [1.807, 2.05) is 6.92 Å². The van der Waals surface area contributed by atoms with Crippen LogP contribution in [-0.2, 0) is 14.3 Å². The Labute approximate surface area is 89.1 Å². The van der Waals surface area contributed by atoms with Gasteiger partial charge in [-0.2, -0.15) is 0 Å². The molecule has 0 fully saturated rings. The van der Waals surface area contributed by atoms with Gasteiger partial charge in [-0.25, -0.2) is 4.79 Å². The molecule has 15 heavy (non-hydrogen) atoms. The molecule has 0 aliphatic carbocycles. The number of rotatable bonds is 5. The lowest BCUT2D eigenvalue weighted by molar-refractivity contribution is -0.145. The number of hydrogen-bond acceptors (Lipinski definition) is 4. The molecule has 0 aliphatic heterocycles. The molecule has 0 saturated heterocycles. The molecular weight excluding hydrogens is 198 g/mol. The third kappa shape index (κ3) is 4.60. The minimum atomic E-state index is -0.997. The van der Waals surface area contributed by atoms with Crippen molar-refractivity contribution in [3.05, 3.63) is 11.6 Å². The summed E-state index contributed by atoms with van der Waals surface area (Å²) in [5, 5.41) is 11.2. The lowest BCUT2D eigenvalue weighted by atomic mass is 10.2. The zero-order chi connectivity index (χ0) is 11.8. The minimum Gasteiger partial charge on any atom is -0.467 e. The molecule has 5 heteroatoms. The molecule has 0 aromatic carbocycles. The van der Waals surface area contributed by atoms with E-state index >= 15 is 0 Å². The van der Waals surface area contributed by atoms with Crippen molar-refractivity contribution >= 4 is 11.9 Å². The first kappa shape index (κ1) is 13.6. The molecule has 0 aromatic heterocycles. The van der Waals surface area contributed by atoms with Crippen molar-refractivity contribution in [1.29, 1.82) is 0 Å². The van der Waals surface area contributed by atoms with Crippen LogP contribution in [0.3, 0.4) is 0 Å². The van der Waals surface area contributed by atoms with Crippen LogP contribution in [0.15, 0.2) is 11.6 Å². The number of aliphatic hydroxyl groups is 1. The van der Waals surface area contributed by atoms with Crippen molar-refractivity contribution in [2.24, 2.45) is 0 Å². The Bertz CT molecular complexity index is 260. The molecule has 0 rings (SSSR count). The largest absolute Gasteiger partial charge is 0.467 e. The van der Waals surface area contributed by atoms with Crippen LogP contribution in [0.25, 0.3) is 0 Å². The predicted octanol–water partition coefficient (Wildman–Crippen LogP) is -0.00720. The SMILES string of the molecule is CC/C=C(\C)C(=O)NC(CO)C(=O)OC. The van der Waals surface area contributed by atoms with Crippen LogP contribution >= 0.6 is 0 Å². The van der Waals surface area contributed by atoms with Gasteiger partial charge in [0.1, 0.15) is 0 Å². The molecule has 5 nitrogen and oxygen atoms in total. The lowest BCUT2D eigenvalue weighted by Crippen LogP contribution is -2.44. The van der Waals surface area contributed by atoms with Gasteiger partial charge in [-0.05, 0) is 13.3 Å². The fourth-order valence-electron chi connectivity index (χ4n) is 0.992. The Hall–Kier alpha value is -1.36. The zero-order valence-electron chi connectivity index (χ0n) is 9.24. The normalized spacial score (nSPS) is 13.2. The third-order valence-corrected chi connectivity index (χ3v) is 1.84. The van der Waals surface area contributed by atoms with E-state index in [2.05, 4.69) is 10.1 Å². The summed E-state index contributed by atoms with van der Waals surface area (Å²) in [5.41, 5.74) is 0.514. The van der Waals surface area contributed by atoms with Crippen LogP contribution in [0.5, 0.6) is 0 Å². The number of aliphatic hydroxyl groups excluding tert-OH is 1. The van der Waals surface area contributed by atoms with E-state index < -0.39 is 18.6 Å². The predicted molar refractivity (Wildman–Crippen MR) is 55.1 cm³/mol. The third-order valence-electron chi connectivity index (χ3n) is 1.84. The van der Waals surface area contributed by atoms with Crippen molar-refractivity contribution in [3.8, 4) is 0 Å². The van der Waals surface area contributed by atoms with E-state index in [0.717, 1.165) is 6.42 Å². The van der Waals surface area contributed by atoms with Gasteiger partial charge >= 0.3 is 5.97 Å². The first-order valence-corrected chi connectivity index (χ1v) is 4.73. The van der Waals surface area contributed by atoms with Crippen LogP contribution in [0, 0.1) is 0 Å². The summed E-state index contributed by atoms with van der Waals surface area (Å²) in [7, 11) is 1.20. The van der Waals surface area contributed by atoms with E-state index in [1.165, 1.54) is 7.11 Å². The molecular formula is C10H17NO4. The highest BCUT2D eigenvalue weighted by Crippen LogP contribution is 1.97. The molecule has 1 unspecified atom stereocenters. The lowest BCUT2D eigenvalue weighted by Gasteiger charge is -2.13. The highest BCUT2D eigenvalue weighted by atomic mass is 16.5. The quantitative estimate of drug-likeness (QED) is 0.499. The number of allylic oxidation sites excluding steroid dienone is 1. The number of ether oxygens (including phenoxy) is 1. The van der Waals surface area contributed by atoms with Gasteiger partial charge < -0.3 is 15.2 Å². The smallest absolute Gasteiger partial charge is 0.330 e. The second kappa shape index (κ2) is 7.00. The van der Waals surface area contributed by atoms with Gasteiger partial charge in [-0.1, -0.05) is 13.0 Å². The standard InChI is InChI=1S/C10H17NO4/c1-4-5-7(2)9(13)11-8(6-12)10(14)15-3/h5,8,12H,4,6H2,1-3H3,(H,11,13)/b7-5+. The Balaban J connectivity index is 4.37. The van der Waals surface area contributed by atoms with Crippen molar-refractivity contribution in [1.82, 2.24) is 5.32 Å². The highest BCUT2D eigenvalue weighted by molar-refractivity contribution is 5.95. The van der Waals surface area contributed by atoms with E-state index in [4.69, 9.17) is 5.11 Å². The van der Waals surface area contributed by atoms with Crippen molar-refractivity contribution in [3.63, 3.8) is 0 Å². The maximum Gasteiger partial charge on any atom is 0.330 e. The number of nitrogens with one attached hydrogen (secondary N) is 1. The molecule has 0 bridgehead atoms. The molecule has 0 spiro atoms. The average molecular weight is 215 g/mol. The maximum absolute atomic E-state index is 11.4. The van der Waals surface area contributed by atoms with Gasteiger partial charge in [0.15, 0.2) is 6.04 Å². The molecule has 1 atom stereocenters. The number of methoxy groups -OCH3 is 1. The summed E-state index contributed by atoms with van der Waals surface area (Å²) < 4.78 is 4.41. The summed E-state index contributed by atoms with van der Waals surface area (Å²) in [6.45, 7) is 3.07. The van der Waals surface area contributed by atoms with Gasteiger partial charge in [-0.3, -0.25) is 4.79 Å². The topological polar surface area (TPSA) is 75.6 Å². The number of hydrogen-bond donors (Lipinski definition) is 2. The summed E-state index contributed by atoms with van der Waals surface area (Å²) in [6.07, 6.45) is 2.47. The van der Waals surface area contributed by atoms with Crippen molar-refractivity contribution in [2.75, 3.05) is 13.7 Å². The summed E-state index contributed by atoms with van der Waals surface area (Å²) >= 11 is 0. The number of carbonyl (C=O) groups is 2. The van der Waals surface area contributed by atoms with Crippen molar-refractivity contribution < 1.29 is 19.4 Å². The van der Waals surface area contributed by atoms with E-state index in [9.17, 15) is 9.59 Å². The monoisotopic (exact) mass is 215 g/mol. The molecule has 0 radical (unpaired) electrons. The number of esters is 1. The van der Waals surface area contributed by atoms with Gasteiger partial charge in [0, 0.05) is 5.57 Å². The Morgan fingerprint density at radius 2 is 2.13 bits per heavy atom. The maximum atomic E-state index is 11.4. The van der Waals surface area contributed by atoms with Gasteiger partial charge in [0.2, 0.25) is 5.91 Å². The average Bonchev–Trinajstić information content (AvgIpc) is 2.24. The second-order valence-electron chi connectivity index (χ2n) is 3.03. The Kier molecular flexibility index (Phi) is 6.37. The highest BCUT2D eigenvalue weighted by Gasteiger charge is 2.20. The van der Waals surface area contributed by atoms with Crippen LogP contribution in [0.1, 0.15) is 20.3 Å². The molecule has 86 valence electrons. The Morgan fingerprint density at radius 3 is 2.53 bits per heavy atom. The molecule has 0 aliphatic rings. The van der Waals surface area contributed by atoms with E-state index in [0.29, 0.717) is 5.57 Å². The van der Waals surface area contributed by atoms with Crippen LogP contribution < -0.4 is 5.32 Å². The van der Waals surface area contributed by atoms with Gasteiger partial charge in [0.25, 0.3) is 0 Å². The first-order chi connectivity index (χ1) is 7.06. The number of carbonyl (C=O) groups excluding carboxylic acids is 2. The Morgan fingerprint density at radius 1 is 1.53 bits per heavy atom. The summed E-state index contributed by atoms with van der Waals surface area (Å²) in [4.78, 5) is 22.5. The van der Waals surface area contributed by atoms with Gasteiger partial charge in [0.05, 0.1) is 13.7 Å². The zero-order valence-corrected chi connectivity index (χ0v) is 9.24. The van der Waals surface area contributed by atoms with E-state index in [1.54, 1.807) is 13.0 Å². The fraction of sp³-hybridized carbons (Fsp3) is 0.600. The molecule has 2 N–H and O–H groups in total. The van der Waals surface area contributed by atoms with Crippen LogP contribution in [0.2, 0.25) is 0 Å². The van der Waals surface area contributed by atoms with Crippen molar-refractivity contribution in [2.45, 2.75) is 26.3 Å². The first-order valence-electron chi connectivity index (χ1n) is 4.73. The molecule has 0 saturated carbocycles. The second-order valence-corrected chi connectivity index (χ2v) is 3.03. The summed E-state index contributed by atoms with van der Waals surface area (Å²) in [6, 6.07) is -0.997. The molecule has 0 aromatic rings. The molecule has 0 heterocycles. The molecule has 1 amide bonds.